The molecule has 36 rings (SSSR count). The van der Waals surface area contributed by atoms with E-state index in [2.05, 4.69) is 30.3 Å². The number of esters is 2. The number of carbonyl (C=O) groups excluding carboxylic acids is 2. The normalized spacial score (nSPS) is 20.3. The zero-order valence-electron chi connectivity index (χ0n) is 43.8. The van der Waals surface area contributed by atoms with Crippen molar-refractivity contribution >= 4 is 330 Å². The van der Waals surface area contributed by atoms with Crippen LogP contribution in [0.2, 0.25) is 0 Å². The van der Waals surface area contributed by atoms with E-state index in [9.17, 15) is 4.79 Å². The molecule has 0 aromatic heterocycles. The lowest BCUT2D eigenvalue weighted by Crippen LogP contribution is -2.55. The van der Waals surface area contributed by atoms with Crippen LogP contribution in [0.5, 0.6) is 0 Å². The Balaban J connectivity index is 0.774. The molecule has 0 bridgehead atoms. The fourth-order valence-corrected chi connectivity index (χ4v) is 27.0. The monoisotopic (exact) mass is 1070 g/mol. The number of nitrogens with zero attached hydrogens (tertiary/aromatic N) is 1. The van der Waals surface area contributed by atoms with Crippen molar-refractivity contribution in [1.82, 2.24) is 0 Å². The van der Waals surface area contributed by atoms with Crippen LogP contribution in [0.4, 0.5) is 0 Å². The van der Waals surface area contributed by atoms with Crippen LogP contribution in [0.3, 0.4) is 0 Å². The van der Waals surface area contributed by atoms with Gasteiger partial charge in [0.1, 0.15) is 18.6 Å². The molecular weight excluding hydrogens is 1050 g/mol. The minimum atomic E-state index is -1.19. The minimum absolute atomic E-state index is 0.0786. The first-order valence-corrected chi connectivity index (χ1v) is 30.9. The predicted octanol–water partition coefficient (Wildman–Crippen LogP) is 19.3. The van der Waals surface area contributed by atoms with Crippen molar-refractivity contribution < 1.29 is 23.9 Å². The number of hydrogen-bond donors (Lipinski definition) is 0. The Morgan fingerprint density at radius 2 is 0.581 bits per heavy atom. The van der Waals surface area contributed by atoms with Crippen molar-refractivity contribution in [3.8, 4) is 0 Å². The molecule has 2 spiro atoms. The molecule has 31 aromatic carbocycles. The van der Waals surface area contributed by atoms with E-state index in [1.54, 1.807) is 64.6 Å². The third-order valence-corrected chi connectivity index (χ3v) is 27.8. The van der Waals surface area contributed by atoms with Gasteiger partial charge in [-0.3, -0.25) is 4.79 Å². The summed E-state index contributed by atoms with van der Waals surface area (Å²) in [6.45, 7) is -0.190. The molecule has 1 heterocycles. The lowest BCUT2D eigenvalue weighted by atomic mass is 9.53. The summed E-state index contributed by atoms with van der Waals surface area (Å²) in [5.74, 6) is -0.845. The maximum absolute atomic E-state index is 16.4. The molecule has 6 nitrogen and oxygen atoms in total. The van der Waals surface area contributed by atoms with Gasteiger partial charge in [0, 0.05) is 11.1 Å². The second kappa shape index (κ2) is 8.54. The summed E-state index contributed by atoms with van der Waals surface area (Å²) < 4.78 is 12.8. The summed E-state index contributed by atoms with van der Waals surface area (Å²) in [5.41, 5.74) is 3.92. The van der Waals surface area contributed by atoms with Crippen LogP contribution in [0.15, 0.2) is 59.8 Å². The Morgan fingerprint density at radius 3 is 0.884 bits per heavy atom. The number of ether oxygens (including phenoxy) is 2. The molecule has 0 amide bonds. The third-order valence-electron chi connectivity index (χ3n) is 27.8. The van der Waals surface area contributed by atoms with Gasteiger partial charge in [0.05, 0.1) is 6.42 Å². The summed E-state index contributed by atoms with van der Waals surface area (Å²) in [6.07, 6.45) is 0.101. The smallest absolute Gasteiger partial charge is 0.357 e. The van der Waals surface area contributed by atoms with E-state index < -0.39 is 17.0 Å². The van der Waals surface area contributed by atoms with Crippen molar-refractivity contribution in [3.63, 3.8) is 0 Å². The number of fused-ring (bicyclic) bond motifs is 2. The molecule has 0 radical (unpaired) electrons. The number of rotatable bonds is 6. The summed E-state index contributed by atoms with van der Waals surface area (Å²) in [4.78, 5) is 38.5. The van der Waals surface area contributed by atoms with E-state index >= 15 is 4.79 Å². The summed E-state index contributed by atoms with van der Waals surface area (Å²) in [5, 5.41) is 89.5. The van der Waals surface area contributed by atoms with E-state index in [1.165, 1.54) is 248 Å². The molecule has 31 aromatic rings. The van der Waals surface area contributed by atoms with Crippen LogP contribution < -0.4 is 0 Å². The molecule has 4 aliphatic carbocycles. The highest BCUT2D eigenvalue weighted by Gasteiger charge is 2.77. The van der Waals surface area contributed by atoms with Crippen LogP contribution in [0, 0.1) is 0 Å². The molecule has 0 saturated carbocycles. The van der Waals surface area contributed by atoms with Crippen molar-refractivity contribution in [2.75, 3.05) is 13.2 Å². The van der Waals surface area contributed by atoms with Crippen molar-refractivity contribution in [1.29, 1.82) is 0 Å². The van der Waals surface area contributed by atoms with E-state index in [4.69, 9.17) is 19.5 Å². The van der Waals surface area contributed by atoms with Crippen LogP contribution in [0.25, 0.3) is 312 Å². The van der Waals surface area contributed by atoms with E-state index in [1.807, 2.05) is 24.3 Å². The molecule has 370 valence electrons. The van der Waals surface area contributed by atoms with Gasteiger partial charge in [-0.05, 0) is 335 Å². The Labute approximate surface area is 469 Å². The first-order chi connectivity index (χ1) is 42.7. The summed E-state index contributed by atoms with van der Waals surface area (Å²) in [7, 11) is 0. The van der Waals surface area contributed by atoms with Crippen molar-refractivity contribution in [2.45, 2.75) is 17.4 Å². The lowest BCUT2D eigenvalue weighted by molar-refractivity contribution is -0.148. The van der Waals surface area contributed by atoms with Crippen LogP contribution in [-0.4, -0.2) is 30.9 Å². The Kier molecular flexibility index (Phi) is 3.44. The standard InChI is InChI=1S/C80H15NO5/c82-18(12-17-15-7-3-1-5-13(15)11-14-6-2-4-8-16(14)17)84-9-10-85-78(83)77-79-73-65-57-47-37-29-21-19-20-23-27-25(21)33-41-35(27)45-39-31(23)32-24(20)28-26-22(19)30(29)38-44-34(26)42-36(28)46-40(32)50-49(39)61-55(45)63-53(41)59(51(57)43(33)37)67(73)69(63)75-71(61)72-62(50)56(46)64-54(42)60-52(44)58(48(38)47)66(65)74(79)68(60)70(64)76(72)80(75,79)86-81-77/h1-8,11H,9-10,12H2. The molecule has 6 heteroatoms. The van der Waals surface area contributed by atoms with E-state index in [0.29, 0.717) is 5.71 Å². The molecular formula is C80H15NO5. The molecule has 0 fully saturated rings. The molecule has 0 saturated heterocycles. The number of hydrogen-bond acceptors (Lipinski definition) is 6. The number of oxime groups is 1. The number of benzene rings is 21. The predicted molar refractivity (Wildman–Crippen MR) is 349 cm³/mol. The fraction of sp³-hybridized carbons (Fsp3) is 0.0625. The molecule has 0 atom stereocenters. The quantitative estimate of drug-likeness (QED) is 0.0718. The lowest BCUT2D eigenvalue weighted by Gasteiger charge is -2.47. The second-order valence-electron chi connectivity index (χ2n) is 29.0. The highest BCUT2D eigenvalue weighted by Crippen LogP contribution is 2.85. The van der Waals surface area contributed by atoms with Gasteiger partial charge in [0.25, 0.3) is 0 Å². The Morgan fingerprint density at radius 1 is 0.326 bits per heavy atom. The molecule has 5 aliphatic rings. The Bertz CT molecular complexity index is 8320. The van der Waals surface area contributed by atoms with Crippen LogP contribution >= 0.6 is 0 Å². The minimum Gasteiger partial charge on any atom is -0.462 e. The van der Waals surface area contributed by atoms with Gasteiger partial charge >= 0.3 is 11.9 Å². The molecule has 86 heavy (non-hydrogen) atoms. The first-order valence-electron chi connectivity index (χ1n) is 30.9. The van der Waals surface area contributed by atoms with Gasteiger partial charge < -0.3 is 14.3 Å². The van der Waals surface area contributed by atoms with Gasteiger partial charge in [0.2, 0.25) is 5.60 Å². The highest BCUT2D eigenvalue weighted by atomic mass is 16.7. The van der Waals surface area contributed by atoms with Gasteiger partial charge in [-0.25, -0.2) is 4.79 Å². The summed E-state index contributed by atoms with van der Waals surface area (Å²) >= 11 is 0. The van der Waals surface area contributed by atoms with E-state index in [0.717, 1.165) is 27.1 Å². The maximum atomic E-state index is 16.4. The largest absolute Gasteiger partial charge is 0.462 e. The average molecular weight is 1070 g/mol. The molecule has 1 aliphatic heterocycles. The second-order valence-corrected chi connectivity index (χ2v) is 29.0. The van der Waals surface area contributed by atoms with Gasteiger partial charge in [-0.2, -0.15) is 0 Å². The molecule has 0 N–H and O–H groups in total. The number of carbonyl (C=O) groups is 2. The third kappa shape index (κ3) is 2.12. The first kappa shape index (κ1) is 34.6. The van der Waals surface area contributed by atoms with Crippen LogP contribution in [-0.2, 0) is 41.3 Å². The summed E-state index contributed by atoms with van der Waals surface area (Å²) in [6, 6.07) is 18.7. The average Bonchev–Trinajstić information content (AvgIpc) is 1.38. The van der Waals surface area contributed by atoms with Crippen molar-refractivity contribution in [3.05, 3.63) is 82.4 Å². The fourth-order valence-electron chi connectivity index (χ4n) is 27.0. The zero-order chi connectivity index (χ0) is 52.4. The zero-order valence-corrected chi connectivity index (χ0v) is 43.8. The van der Waals surface area contributed by atoms with Crippen LogP contribution in [0.1, 0.15) is 27.8 Å². The topological polar surface area (TPSA) is 74.2 Å². The van der Waals surface area contributed by atoms with Gasteiger partial charge in [-0.1, -0.05) is 53.7 Å². The van der Waals surface area contributed by atoms with E-state index in [-0.39, 0.29) is 25.6 Å². The van der Waals surface area contributed by atoms with Gasteiger partial charge in [-0.15, -0.1) is 0 Å². The van der Waals surface area contributed by atoms with Gasteiger partial charge in [0.15, 0.2) is 5.71 Å². The maximum Gasteiger partial charge on any atom is 0.357 e. The Hall–Kier alpha value is -11.0. The van der Waals surface area contributed by atoms with Crippen molar-refractivity contribution in [2.24, 2.45) is 5.16 Å². The SMILES string of the molecule is O=C(Cc1c2ccccc2cc2ccccc12)OCCOC(=O)C1=NOC23c4c5c6c7c8c9c(c%10c%11c2c2c4c4c%12c5c5c6c6c8c8c%13c9c9c%10c%10c%11c%11c2c2c4c4c%12c%12c5c5c6c8c6c8c%13c9c9c%10c%10c%11c2c2c4c4c%12c5c6c5c8c9c%10c2c45)C173. The molecule has 0 unspecified atom stereocenters. The highest BCUT2D eigenvalue weighted by molar-refractivity contribution is 6.82.